The number of amides is 1. The molecule has 0 saturated heterocycles. The maximum Gasteiger partial charge on any atom is 0.224 e. The first-order valence-corrected chi connectivity index (χ1v) is 9.86. The Morgan fingerprint density at radius 3 is 2.84 bits per heavy atom. The molecule has 0 radical (unpaired) electrons. The normalized spacial score (nSPS) is 10.7. The fraction of sp³-hybridized carbons (Fsp3) is 0.174. The monoisotopic (exact) mass is 420 g/mol. The highest BCUT2D eigenvalue weighted by atomic mass is 19.1. The Hall–Kier alpha value is -3.94. The predicted molar refractivity (Wildman–Crippen MR) is 113 cm³/mol. The van der Waals surface area contributed by atoms with Gasteiger partial charge in [0.25, 0.3) is 0 Å². The van der Waals surface area contributed by atoms with Gasteiger partial charge >= 0.3 is 0 Å². The van der Waals surface area contributed by atoms with Gasteiger partial charge in [-0.3, -0.25) is 4.79 Å². The number of oxazole rings is 1. The fourth-order valence-corrected chi connectivity index (χ4v) is 3.02. The molecule has 0 atom stereocenters. The summed E-state index contributed by atoms with van der Waals surface area (Å²) in [5.41, 5.74) is 0.935. The van der Waals surface area contributed by atoms with Crippen LogP contribution in [0.25, 0.3) is 11.3 Å². The Morgan fingerprint density at radius 2 is 2.00 bits per heavy atom. The van der Waals surface area contributed by atoms with E-state index in [1.165, 1.54) is 12.3 Å². The van der Waals surface area contributed by atoms with E-state index in [2.05, 4.69) is 15.3 Å². The van der Waals surface area contributed by atoms with Crippen LogP contribution >= 0.6 is 0 Å². The molecule has 31 heavy (non-hydrogen) atoms. The van der Waals surface area contributed by atoms with Crippen molar-refractivity contribution in [1.29, 1.82) is 0 Å². The molecule has 1 amide bonds. The number of aromatic nitrogens is 3. The van der Waals surface area contributed by atoms with E-state index in [0.29, 0.717) is 48.2 Å². The van der Waals surface area contributed by atoms with Crippen LogP contribution in [0.15, 0.2) is 77.9 Å². The Morgan fingerprint density at radius 1 is 1.16 bits per heavy atom. The van der Waals surface area contributed by atoms with Gasteiger partial charge in [0.2, 0.25) is 5.91 Å². The molecule has 4 aromatic rings. The fourth-order valence-electron chi connectivity index (χ4n) is 3.02. The van der Waals surface area contributed by atoms with Crippen LogP contribution in [-0.2, 0) is 17.8 Å². The Kier molecular flexibility index (Phi) is 6.37. The number of benzene rings is 2. The summed E-state index contributed by atoms with van der Waals surface area (Å²) in [7, 11) is 0. The zero-order valence-corrected chi connectivity index (χ0v) is 16.7. The minimum absolute atomic E-state index is 0.167. The summed E-state index contributed by atoms with van der Waals surface area (Å²) < 4.78 is 27.2. The van der Waals surface area contributed by atoms with E-state index in [-0.39, 0.29) is 18.1 Å². The van der Waals surface area contributed by atoms with Gasteiger partial charge in [0.1, 0.15) is 18.2 Å². The van der Waals surface area contributed by atoms with E-state index in [9.17, 15) is 9.18 Å². The van der Waals surface area contributed by atoms with Crippen molar-refractivity contribution < 1.29 is 18.3 Å². The second-order valence-electron chi connectivity index (χ2n) is 6.79. The maximum atomic E-state index is 13.9. The van der Waals surface area contributed by atoms with E-state index in [0.717, 1.165) is 0 Å². The van der Waals surface area contributed by atoms with E-state index in [4.69, 9.17) is 9.15 Å². The Labute approximate surface area is 178 Å². The van der Waals surface area contributed by atoms with Crippen molar-refractivity contribution in [3.05, 3.63) is 85.2 Å². The predicted octanol–water partition coefficient (Wildman–Crippen LogP) is 4.33. The summed E-state index contributed by atoms with van der Waals surface area (Å²) in [5, 5.41) is 2.86. The zero-order chi connectivity index (χ0) is 21.5. The third-order valence-electron chi connectivity index (χ3n) is 4.59. The Bertz CT molecular complexity index is 1140. The summed E-state index contributed by atoms with van der Waals surface area (Å²) in [6, 6.07) is 13.6. The van der Waals surface area contributed by atoms with Crippen molar-refractivity contribution in [2.75, 3.05) is 11.9 Å². The van der Waals surface area contributed by atoms with Crippen molar-refractivity contribution in [1.82, 2.24) is 14.5 Å². The van der Waals surface area contributed by atoms with Crippen LogP contribution in [0.2, 0.25) is 0 Å². The molecule has 4 rings (SSSR count). The molecule has 8 heteroatoms. The molecular formula is C23H21FN4O3. The summed E-state index contributed by atoms with van der Waals surface area (Å²) in [4.78, 5) is 20.6. The second-order valence-corrected chi connectivity index (χ2v) is 6.79. The number of hydrogen-bond acceptors (Lipinski definition) is 5. The first-order chi connectivity index (χ1) is 15.2. The van der Waals surface area contributed by atoms with Gasteiger partial charge in [-0.2, -0.15) is 0 Å². The van der Waals surface area contributed by atoms with Crippen molar-refractivity contribution in [3.63, 3.8) is 0 Å². The second kappa shape index (κ2) is 9.71. The number of carbonyl (C=O) groups is 1. The van der Waals surface area contributed by atoms with Gasteiger partial charge in [-0.25, -0.2) is 14.4 Å². The molecule has 0 spiro atoms. The molecular weight excluding hydrogens is 399 g/mol. The highest BCUT2D eigenvalue weighted by Gasteiger charge is 2.13. The molecule has 0 saturated carbocycles. The van der Waals surface area contributed by atoms with Gasteiger partial charge < -0.3 is 19.0 Å². The molecule has 0 aliphatic carbocycles. The first kappa shape index (κ1) is 20.3. The molecule has 0 unspecified atom stereocenters. The number of imidazole rings is 1. The van der Waals surface area contributed by atoms with Crippen molar-refractivity contribution >= 4 is 11.6 Å². The summed E-state index contributed by atoms with van der Waals surface area (Å²) >= 11 is 0. The van der Waals surface area contributed by atoms with Gasteiger partial charge in [0, 0.05) is 25.2 Å². The van der Waals surface area contributed by atoms with Crippen LogP contribution in [0.1, 0.15) is 12.3 Å². The lowest BCUT2D eigenvalue weighted by Gasteiger charge is -2.12. The van der Waals surface area contributed by atoms with Gasteiger partial charge in [-0.05, 0) is 24.3 Å². The lowest BCUT2D eigenvalue weighted by atomic mass is 10.2. The first-order valence-electron chi connectivity index (χ1n) is 9.86. The van der Waals surface area contributed by atoms with Gasteiger partial charge in [-0.15, -0.1) is 0 Å². The van der Waals surface area contributed by atoms with E-state index in [1.54, 1.807) is 42.9 Å². The zero-order valence-electron chi connectivity index (χ0n) is 16.7. The average molecular weight is 420 g/mol. The highest BCUT2D eigenvalue weighted by Crippen LogP contribution is 2.25. The average Bonchev–Trinajstić information content (AvgIpc) is 3.46. The maximum absolute atomic E-state index is 13.9. The number of halogens is 1. The molecule has 2 heterocycles. The molecule has 0 bridgehead atoms. The van der Waals surface area contributed by atoms with Gasteiger partial charge in [0.05, 0.1) is 30.3 Å². The van der Waals surface area contributed by atoms with Crippen LogP contribution in [0, 0.1) is 5.82 Å². The standard InChI is InChI=1S/C23H21FN4O3/c24-18-6-2-1-5-17(18)21-15-26-23(31-21)10-9-22(29)27-19-7-3-4-8-20(19)30-14-13-28-12-11-25-16-28/h1-8,11-12,15-16H,9-10,13-14H2,(H,27,29). The third kappa shape index (κ3) is 5.36. The van der Waals surface area contributed by atoms with E-state index < -0.39 is 0 Å². The van der Waals surface area contributed by atoms with E-state index in [1.807, 2.05) is 22.9 Å². The molecule has 2 aromatic carbocycles. The summed E-state index contributed by atoms with van der Waals surface area (Å²) in [5.74, 6) is 0.723. The number of rotatable bonds is 9. The minimum atomic E-state index is -0.382. The SMILES string of the molecule is O=C(CCc1ncc(-c2ccccc2F)o1)Nc1ccccc1OCCn1ccnc1. The van der Waals surface area contributed by atoms with Crippen molar-refractivity contribution in [2.24, 2.45) is 0 Å². The van der Waals surface area contributed by atoms with Crippen LogP contribution in [0.3, 0.4) is 0 Å². The molecule has 158 valence electrons. The number of ether oxygens (including phenoxy) is 1. The number of para-hydroxylation sites is 2. The number of aryl methyl sites for hydroxylation is 1. The van der Waals surface area contributed by atoms with Crippen LogP contribution in [0.4, 0.5) is 10.1 Å². The highest BCUT2D eigenvalue weighted by molar-refractivity contribution is 5.92. The smallest absolute Gasteiger partial charge is 0.224 e. The van der Waals surface area contributed by atoms with Crippen LogP contribution in [-0.4, -0.2) is 27.0 Å². The van der Waals surface area contributed by atoms with Crippen molar-refractivity contribution in [3.8, 4) is 17.1 Å². The van der Waals surface area contributed by atoms with Gasteiger partial charge in [-0.1, -0.05) is 24.3 Å². The van der Waals surface area contributed by atoms with Crippen LogP contribution in [0.5, 0.6) is 5.75 Å². The quantitative estimate of drug-likeness (QED) is 0.436. The summed E-state index contributed by atoms with van der Waals surface area (Å²) in [6.45, 7) is 1.09. The van der Waals surface area contributed by atoms with E-state index >= 15 is 0 Å². The minimum Gasteiger partial charge on any atom is -0.490 e. The number of anilines is 1. The lowest BCUT2D eigenvalue weighted by molar-refractivity contribution is -0.116. The largest absolute Gasteiger partial charge is 0.490 e. The van der Waals surface area contributed by atoms with Gasteiger partial charge in [0.15, 0.2) is 11.7 Å². The lowest BCUT2D eigenvalue weighted by Crippen LogP contribution is -2.14. The molecule has 0 aliphatic heterocycles. The molecule has 7 nitrogen and oxygen atoms in total. The molecule has 1 N–H and O–H groups in total. The Balaban J connectivity index is 1.31. The number of nitrogens with zero attached hydrogens (tertiary/aromatic N) is 3. The number of hydrogen-bond donors (Lipinski definition) is 1. The molecule has 2 aromatic heterocycles. The molecule has 0 aliphatic rings. The molecule has 0 fully saturated rings. The third-order valence-corrected chi connectivity index (χ3v) is 4.59. The van der Waals surface area contributed by atoms with Crippen molar-refractivity contribution in [2.45, 2.75) is 19.4 Å². The topological polar surface area (TPSA) is 82.2 Å². The number of nitrogens with one attached hydrogen (secondary N) is 1. The number of carbonyl (C=O) groups excluding carboxylic acids is 1. The van der Waals surface area contributed by atoms with Crippen LogP contribution < -0.4 is 10.1 Å². The summed E-state index contributed by atoms with van der Waals surface area (Å²) in [6.07, 6.45) is 7.22.